The number of hydrogen-bond donors (Lipinski definition) is 0. The fourth-order valence-corrected chi connectivity index (χ4v) is 1.91. The van der Waals surface area contributed by atoms with Gasteiger partial charge in [-0.1, -0.05) is 32.6 Å². The Labute approximate surface area is 124 Å². The van der Waals surface area contributed by atoms with Crippen LogP contribution in [0.2, 0.25) is 0 Å². The molecule has 0 heterocycles. The summed E-state index contributed by atoms with van der Waals surface area (Å²) in [6.45, 7) is 2.13. The molecule has 0 N–H and O–H groups in total. The van der Waals surface area contributed by atoms with Gasteiger partial charge in [-0.3, -0.25) is 14.9 Å². The average Bonchev–Trinajstić information content (AvgIpc) is 2.46. The molecule has 6 heteroatoms. The SMILES string of the molecule is CCCCCCCC(=O)Oc1cc([N+](=O)[O-])ccc1OC. The molecule has 0 saturated heterocycles. The van der Waals surface area contributed by atoms with Crippen LogP contribution in [0.5, 0.6) is 11.5 Å². The van der Waals surface area contributed by atoms with Crippen LogP contribution >= 0.6 is 0 Å². The third-order valence-electron chi connectivity index (χ3n) is 3.07. The van der Waals surface area contributed by atoms with Crippen LogP contribution in [0.4, 0.5) is 5.69 Å². The Kier molecular flexibility index (Phi) is 7.21. The summed E-state index contributed by atoms with van der Waals surface area (Å²) in [6.07, 6.45) is 5.45. The molecular weight excluding hydrogens is 274 g/mol. The van der Waals surface area contributed by atoms with Crippen molar-refractivity contribution in [1.29, 1.82) is 0 Å². The first-order chi connectivity index (χ1) is 10.1. The number of nitrogens with zero attached hydrogens (tertiary/aromatic N) is 1. The standard InChI is InChI=1S/C15H21NO5/c1-3-4-5-6-7-8-15(17)21-14-11-12(16(18)19)9-10-13(14)20-2/h9-11H,3-8H2,1-2H3. The van der Waals surface area contributed by atoms with Crippen molar-refractivity contribution in [3.05, 3.63) is 28.3 Å². The minimum Gasteiger partial charge on any atom is -0.493 e. The van der Waals surface area contributed by atoms with E-state index in [2.05, 4.69) is 6.92 Å². The number of hydrogen-bond acceptors (Lipinski definition) is 5. The summed E-state index contributed by atoms with van der Waals surface area (Å²) in [5, 5.41) is 10.7. The van der Waals surface area contributed by atoms with Gasteiger partial charge in [-0.05, 0) is 12.5 Å². The molecule has 1 rings (SSSR count). The lowest BCUT2D eigenvalue weighted by molar-refractivity contribution is -0.384. The minimum atomic E-state index is -0.540. The molecule has 0 aliphatic heterocycles. The Morgan fingerprint density at radius 2 is 1.90 bits per heavy atom. The van der Waals surface area contributed by atoms with Crippen molar-refractivity contribution in [2.75, 3.05) is 7.11 Å². The lowest BCUT2D eigenvalue weighted by Gasteiger charge is -2.08. The summed E-state index contributed by atoms with van der Waals surface area (Å²) in [5.74, 6) is -0.00418. The molecule has 0 saturated carbocycles. The van der Waals surface area contributed by atoms with Gasteiger partial charge in [0.15, 0.2) is 11.5 Å². The first-order valence-electron chi connectivity index (χ1n) is 7.11. The fourth-order valence-electron chi connectivity index (χ4n) is 1.91. The van der Waals surface area contributed by atoms with Gasteiger partial charge in [0.05, 0.1) is 18.1 Å². The monoisotopic (exact) mass is 295 g/mol. The van der Waals surface area contributed by atoms with Gasteiger partial charge in [0, 0.05) is 12.5 Å². The van der Waals surface area contributed by atoms with Crippen LogP contribution in [0.25, 0.3) is 0 Å². The van der Waals surface area contributed by atoms with Gasteiger partial charge < -0.3 is 9.47 Å². The summed E-state index contributed by atoms with van der Waals surface area (Å²) in [6, 6.07) is 3.93. The van der Waals surface area contributed by atoms with Crippen LogP contribution in [0.3, 0.4) is 0 Å². The first kappa shape index (κ1) is 16.9. The quantitative estimate of drug-likeness (QED) is 0.227. The summed E-state index contributed by atoms with van der Waals surface area (Å²) in [5.41, 5.74) is -0.137. The Hall–Kier alpha value is -2.11. The highest BCUT2D eigenvalue weighted by atomic mass is 16.6. The van der Waals surface area contributed by atoms with Crippen molar-refractivity contribution in [3.63, 3.8) is 0 Å². The zero-order chi connectivity index (χ0) is 15.7. The third kappa shape index (κ3) is 5.81. The predicted octanol–water partition coefficient (Wildman–Crippen LogP) is 3.87. The smallest absolute Gasteiger partial charge is 0.311 e. The first-order valence-corrected chi connectivity index (χ1v) is 7.11. The van der Waals surface area contributed by atoms with Crippen LogP contribution in [-0.4, -0.2) is 18.0 Å². The second-order valence-electron chi connectivity index (χ2n) is 4.73. The van der Waals surface area contributed by atoms with Gasteiger partial charge in [0.2, 0.25) is 0 Å². The van der Waals surface area contributed by atoms with E-state index in [-0.39, 0.29) is 11.4 Å². The van der Waals surface area contributed by atoms with E-state index in [1.807, 2.05) is 0 Å². The predicted molar refractivity (Wildman–Crippen MR) is 78.7 cm³/mol. The molecule has 0 aromatic heterocycles. The van der Waals surface area contributed by atoms with E-state index in [0.717, 1.165) is 32.1 Å². The lowest BCUT2D eigenvalue weighted by atomic mass is 10.1. The largest absolute Gasteiger partial charge is 0.493 e. The summed E-state index contributed by atoms with van der Waals surface area (Å²) < 4.78 is 10.2. The number of carbonyl (C=O) groups excluding carboxylic acids is 1. The lowest BCUT2D eigenvalue weighted by Crippen LogP contribution is -2.08. The van der Waals surface area contributed by atoms with E-state index < -0.39 is 10.9 Å². The highest BCUT2D eigenvalue weighted by molar-refractivity contribution is 5.73. The van der Waals surface area contributed by atoms with Crippen molar-refractivity contribution in [2.24, 2.45) is 0 Å². The number of methoxy groups -OCH3 is 1. The van der Waals surface area contributed by atoms with Gasteiger partial charge in [0.1, 0.15) is 0 Å². The van der Waals surface area contributed by atoms with Gasteiger partial charge in [-0.15, -0.1) is 0 Å². The maximum Gasteiger partial charge on any atom is 0.311 e. The molecule has 6 nitrogen and oxygen atoms in total. The van der Waals surface area contributed by atoms with Crippen molar-refractivity contribution < 1.29 is 19.2 Å². The molecule has 0 unspecified atom stereocenters. The van der Waals surface area contributed by atoms with Crippen molar-refractivity contribution >= 4 is 11.7 Å². The summed E-state index contributed by atoms with van der Waals surface area (Å²) >= 11 is 0. The van der Waals surface area contributed by atoms with Crippen molar-refractivity contribution in [3.8, 4) is 11.5 Å². The van der Waals surface area contributed by atoms with Crippen LogP contribution in [0.1, 0.15) is 45.4 Å². The van der Waals surface area contributed by atoms with Crippen LogP contribution in [0.15, 0.2) is 18.2 Å². The molecule has 0 aliphatic carbocycles. The van der Waals surface area contributed by atoms with Crippen LogP contribution in [0, 0.1) is 10.1 Å². The number of nitro groups is 1. The molecule has 21 heavy (non-hydrogen) atoms. The molecule has 0 fully saturated rings. The van der Waals surface area contributed by atoms with Crippen molar-refractivity contribution in [1.82, 2.24) is 0 Å². The zero-order valence-corrected chi connectivity index (χ0v) is 12.5. The van der Waals surface area contributed by atoms with E-state index in [9.17, 15) is 14.9 Å². The van der Waals surface area contributed by atoms with Crippen LogP contribution in [-0.2, 0) is 4.79 Å². The Balaban J connectivity index is 2.57. The summed E-state index contributed by atoms with van der Waals surface area (Å²) in [7, 11) is 1.42. The Morgan fingerprint density at radius 1 is 1.19 bits per heavy atom. The number of unbranched alkanes of at least 4 members (excludes halogenated alkanes) is 4. The van der Waals surface area contributed by atoms with Crippen LogP contribution < -0.4 is 9.47 Å². The van der Waals surface area contributed by atoms with E-state index in [1.165, 1.54) is 25.3 Å². The molecule has 116 valence electrons. The Bertz CT molecular complexity index is 487. The van der Waals surface area contributed by atoms with Gasteiger partial charge in [-0.25, -0.2) is 0 Å². The van der Waals surface area contributed by atoms with Gasteiger partial charge in [-0.2, -0.15) is 0 Å². The van der Waals surface area contributed by atoms with E-state index in [0.29, 0.717) is 12.2 Å². The number of esters is 1. The van der Waals surface area contributed by atoms with E-state index in [4.69, 9.17) is 9.47 Å². The number of rotatable bonds is 9. The second-order valence-corrected chi connectivity index (χ2v) is 4.73. The normalized spacial score (nSPS) is 10.2. The topological polar surface area (TPSA) is 78.7 Å². The van der Waals surface area contributed by atoms with Gasteiger partial charge >= 0.3 is 5.97 Å². The highest BCUT2D eigenvalue weighted by Crippen LogP contribution is 2.31. The van der Waals surface area contributed by atoms with Gasteiger partial charge in [0.25, 0.3) is 5.69 Å². The molecular formula is C15H21NO5. The van der Waals surface area contributed by atoms with E-state index in [1.54, 1.807) is 0 Å². The fraction of sp³-hybridized carbons (Fsp3) is 0.533. The number of carbonyl (C=O) groups is 1. The molecule has 0 atom stereocenters. The molecule has 1 aromatic rings. The summed E-state index contributed by atoms with van der Waals surface area (Å²) in [4.78, 5) is 21.9. The number of nitro benzene ring substituents is 1. The maximum atomic E-state index is 11.7. The minimum absolute atomic E-state index is 0.0882. The maximum absolute atomic E-state index is 11.7. The molecule has 0 aliphatic rings. The molecule has 0 bridgehead atoms. The van der Waals surface area contributed by atoms with Crippen molar-refractivity contribution in [2.45, 2.75) is 45.4 Å². The molecule has 0 amide bonds. The second kappa shape index (κ2) is 8.94. The van der Waals surface area contributed by atoms with E-state index >= 15 is 0 Å². The zero-order valence-electron chi connectivity index (χ0n) is 12.5. The molecule has 0 spiro atoms. The number of ether oxygens (including phenoxy) is 2. The number of non-ortho nitro benzene ring substituents is 1. The molecule has 0 radical (unpaired) electrons. The highest BCUT2D eigenvalue weighted by Gasteiger charge is 2.15. The Morgan fingerprint density at radius 3 is 2.52 bits per heavy atom. The third-order valence-corrected chi connectivity index (χ3v) is 3.07. The molecule has 1 aromatic carbocycles. The number of benzene rings is 1. The average molecular weight is 295 g/mol.